The Morgan fingerprint density at radius 1 is 1.64 bits per heavy atom. The van der Waals surface area contributed by atoms with Crippen molar-refractivity contribution in [3.05, 3.63) is 30.1 Å². The molecule has 0 aliphatic carbocycles. The molecule has 0 aliphatic heterocycles. The van der Waals surface area contributed by atoms with Crippen LogP contribution in [0.15, 0.2) is 29.4 Å². The highest BCUT2D eigenvalue weighted by Crippen LogP contribution is 2.15. The Hall–Kier alpha value is -1.44. The summed E-state index contributed by atoms with van der Waals surface area (Å²) in [6, 6.07) is 3.73. The van der Waals surface area contributed by atoms with E-state index in [9.17, 15) is 0 Å². The van der Waals surface area contributed by atoms with E-state index in [1.807, 2.05) is 31.2 Å². The second-order valence-electron chi connectivity index (χ2n) is 2.07. The quantitative estimate of drug-likeness (QED) is 0.588. The molecule has 0 fully saturated rings. The van der Waals surface area contributed by atoms with Crippen LogP contribution in [0.2, 0.25) is 0 Å². The van der Waals surface area contributed by atoms with Crippen molar-refractivity contribution >= 4 is 18.5 Å². The van der Waals surface area contributed by atoms with E-state index in [4.69, 9.17) is 0 Å². The number of hydrogen-bond donors (Lipinski definition) is 0. The maximum atomic E-state index is 4.12. The van der Waals surface area contributed by atoms with Crippen LogP contribution in [0.1, 0.15) is 12.6 Å². The highest BCUT2D eigenvalue weighted by molar-refractivity contribution is 5.61. The van der Waals surface area contributed by atoms with E-state index in [1.165, 1.54) is 0 Å². The van der Waals surface area contributed by atoms with Crippen molar-refractivity contribution in [2.24, 2.45) is 4.99 Å². The first-order chi connectivity index (χ1) is 5.38. The molecule has 2 heteroatoms. The molecular formula is C9H10N2. The summed E-state index contributed by atoms with van der Waals surface area (Å²) in [6.07, 6.45) is 5.57. The van der Waals surface area contributed by atoms with Crippen molar-refractivity contribution in [1.82, 2.24) is 4.98 Å². The van der Waals surface area contributed by atoms with Crippen LogP contribution in [0.5, 0.6) is 0 Å². The zero-order valence-corrected chi connectivity index (χ0v) is 6.49. The van der Waals surface area contributed by atoms with Gasteiger partial charge in [0, 0.05) is 6.20 Å². The molecule has 0 aliphatic rings. The van der Waals surface area contributed by atoms with Crippen molar-refractivity contribution in [2.75, 3.05) is 0 Å². The normalized spacial score (nSPS) is 10.3. The van der Waals surface area contributed by atoms with Gasteiger partial charge in [-0.3, -0.25) is 9.98 Å². The molecule has 1 rings (SSSR count). The minimum absolute atomic E-state index is 0.825. The lowest BCUT2D eigenvalue weighted by atomic mass is 10.3. The molecule has 1 heterocycles. The Balaban J connectivity index is 3.11. The van der Waals surface area contributed by atoms with E-state index < -0.39 is 0 Å². The summed E-state index contributed by atoms with van der Waals surface area (Å²) in [5.74, 6) is 0. The Morgan fingerprint density at radius 3 is 3.09 bits per heavy atom. The van der Waals surface area contributed by atoms with E-state index in [2.05, 4.69) is 16.7 Å². The maximum absolute atomic E-state index is 4.12. The highest BCUT2D eigenvalue weighted by Gasteiger charge is 1.93. The van der Waals surface area contributed by atoms with Gasteiger partial charge in [0.25, 0.3) is 0 Å². The molecule has 1 aromatic heterocycles. The summed E-state index contributed by atoms with van der Waals surface area (Å²) in [5, 5.41) is 0. The lowest BCUT2D eigenvalue weighted by Crippen LogP contribution is -1.78. The van der Waals surface area contributed by atoms with E-state index >= 15 is 0 Å². The molecule has 1 aromatic rings. The third kappa shape index (κ3) is 1.74. The summed E-state index contributed by atoms with van der Waals surface area (Å²) in [7, 11) is 0. The first kappa shape index (κ1) is 7.66. The predicted molar refractivity (Wildman–Crippen MR) is 48.2 cm³/mol. The van der Waals surface area contributed by atoms with Gasteiger partial charge >= 0.3 is 0 Å². The monoisotopic (exact) mass is 146 g/mol. The molecule has 0 atom stereocenters. The van der Waals surface area contributed by atoms with Gasteiger partial charge in [-0.25, -0.2) is 0 Å². The average Bonchev–Trinajstić information content (AvgIpc) is 2.06. The number of nitrogens with zero attached hydrogens (tertiary/aromatic N) is 2. The Morgan fingerprint density at radius 2 is 2.45 bits per heavy atom. The summed E-state index contributed by atoms with van der Waals surface area (Å²) in [5.41, 5.74) is 1.69. The molecule has 0 N–H and O–H groups in total. The minimum Gasteiger partial charge on any atom is -0.262 e. The van der Waals surface area contributed by atoms with Gasteiger partial charge in [-0.05, 0) is 31.9 Å². The molecule has 0 aromatic carbocycles. The molecule has 56 valence electrons. The third-order valence-corrected chi connectivity index (χ3v) is 1.31. The topological polar surface area (TPSA) is 25.2 Å². The summed E-state index contributed by atoms with van der Waals surface area (Å²) >= 11 is 0. The van der Waals surface area contributed by atoms with Gasteiger partial charge in [-0.1, -0.05) is 6.08 Å². The molecular weight excluding hydrogens is 136 g/mol. The van der Waals surface area contributed by atoms with Gasteiger partial charge in [0.15, 0.2) is 0 Å². The average molecular weight is 146 g/mol. The third-order valence-electron chi connectivity index (χ3n) is 1.31. The fourth-order valence-corrected chi connectivity index (χ4v) is 0.829. The first-order valence-electron chi connectivity index (χ1n) is 3.43. The van der Waals surface area contributed by atoms with E-state index in [1.54, 1.807) is 6.20 Å². The van der Waals surface area contributed by atoms with Crippen LogP contribution in [-0.4, -0.2) is 11.7 Å². The smallest absolute Gasteiger partial charge is 0.0882 e. The molecule has 2 nitrogen and oxygen atoms in total. The Kier molecular flexibility index (Phi) is 2.55. The fourth-order valence-electron chi connectivity index (χ4n) is 0.829. The molecule has 0 bridgehead atoms. The van der Waals surface area contributed by atoms with Crippen LogP contribution < -0.4 is 0 Å². The minimum atomic E-state index is 0.825. The van der Waals surface area contributed by atoms with Crippen LogP contribution in [-0.2, 0) is 0 Å². The van der Waals surface area contributed by atoms with Crippen molar-refractivity contribution in [1.29, 1.82) is 0 Å². The van der Waals surface area contributed by atoms with Gasteiger partial charge in [0.2, 0.25) is 0 Å². The maximum Gasteiger partial charge on any atom is 0.0882 e. The standard InChI is InChI=1S/C9H10N2/c1-3-5-9-8(10-2)6-4-7-11-9/h3-7H,2H2,1H3/b5-3-. The fraction of sp³-hybridized carbons (Fsp3) is 0.111. The van der Waals surface area contributed by atoms with Crippen molar-refractivity contribution < 1.29 is 0 Å². The number of aliphatic imine (C=N–C) groups is 1. The van der Waals surface area contributed by atoms with Crippen LogP contribution in [0, 0.1) is 0 Å². The van der Waals surface area contributed by atoms with Crippen LogP contribution in [0.4, 0.5) is 5.69 Å². The van der Waals surface area contributed by atoms with Crippen LogP contribution in [0.25, 0.3) is 6.08 Å². The molecule has 11 heavy (non-hydrogen) atoms. The molecule has 0 radical (unpaired) electrons. The van der Waals surface area contributed by atoms with E-state index in [-0.39, 0.29) is 0 Å². The van der Waals surface area contributed by atoms with Gasteiger partial charge in [0.05, 0.1) is 11.4 Å². The van der Waals surface area contributed by atoms with Gasteiger partial charge < -0.3 is 0 Å². The largest absolute Gasteiger partial charge is 0.262 e. The first-order valence-corrected chi connectivity index (χ1v) is 3.43. The molecule has 0 spiro atoms. The second kappa shape index (κ2) is 3.66. The molecule has 0 unspecified atom stereocenters. The Bertz CT molecular complexity index is 277. The van der Waals surface area contributed by atoms with Crippen molar-refractivity contribution in [3.8, 4) is 0 Å². The molecule has 0 saturated heterocycles. The van der Waals surface area contributed by atoms with E-state index in [0.29, 0.717) is 0 Å². The van der Waals surface area contributed by atoms with Crippen molar-refractivity contribution in [2.45, 2.75) is 6.92 Å². The summed E-state index contributed by atoms with van der Waals surface area (Å²) < 4.78 is 0. The lowest BCUT2D eigenvalue weighted by Gasteiger charge is -1.95. The predicted octanol–water partition coefficient (Wildman–Crippen LogP) is 2.45. The van der Waals surface area contributed by atoms with Crippen LogP contribution in [0.3, 0.4) is 0 Å². The summed E-state index contributed by atoms with van der Waals surface area (Å²) in [6.45, 7) is 5.40. The SMILES string of the molecule is C=Nc1cccnc1/C=C\C. The van der Waals surface area contributed by atoms with E-state index in [0.717, 1.165) is 11.4 Å². The Labute approximate surface area is 66.3 Å². The number of hydrogen-bond acceptors (Lipinski definition) is 2. The van der Waals surface area contributed by atoms with Gasteiger partial charge in [-0.15, -0.1) is 0 Å². The number of rotatable bonds is 2. The second-order valence-corrected chi connectivity index (χ2v) is 2.07. The van der Waals surface area contributed by atoms with Gasteiger partial charge in [0.1, 0.15) is 0 Å². The zero-order chi connectivity index (χ0) is 8.10. The number of aromatic nitrogens is 1. The number of pyridine rings is 1. The molecule has 0 amide bonds. The van der Waals surface area contributed by atoms with Gasteiger partial charge in [-0.2, -0.15) is 0 Å². The number of allylic oxidation sites excluding steroid dienone is 1. The van der Waals surface area contributed by atoms with Crippen molar-refractivity contribution in [3.63, 3.8) is 0 Å². The highest BCUT2D eigenvalue weighted by atomic mass is 14.8. The lowest BCUT2D eigenvalue weighted by molar-refractivity contribution is 1.28. The molecule has 0 saturated carbocycles. The summed E-state index contributed by atoms with van der Waals surface area (Å²) in [4.78, 5) is 7.94. The zero-order valence-electron chi connectivity index (χ0n) is 6.49. The van der Waals surface area contributed by atoms with Crippen LogP contribution >= 0.6 is 0 Å².